The molecule has 1 amide bonds. The molecule has 1 aromatic rings. The number of para-hydroxylation sites is 1. The highest BCUT2D eigenvalue weighted by Crippen LogP contribution is 2.34. The Morgan fingerprint density at radius 2 is 2.44 bits per heavy atom. The van der Waals surface area contributed by atoms with E-state index in [0.717, 1.165) is 23.3 Å². The maximum absolute atomic E-state index is 11.3. The van der Waals surface area contributed by atoms with Gasteiger partial charge in [0.2, 0.25) is 5.91 Å². The Balaban J connectivity index is 2.29. The van der Waals surface area contributed by atoms with Crippen LogP contribution < -0.4 is 10.1 Å². The third kappa shape index (κ3) is 1.94. The lowest BCUT2D eigenvalue weighted by atomic mass is 9.98. The van der Waals surface area contributed by atoms with Gasteiger partial charge in [-0.05, 0) is 18.6 Å². The molecule has 1 aromatic carbocycles. The average molecular weight is 217 g/mol. The number of carbonyl (C=O) groups excluding carboxylic acids is 1. The predicted octanol–water partition coefficient (Wildman–Crippen LogP) is 2.12. The first-order valence-electron chi connectivity index (χ1n) is 5.37. The molecule has 0 aliphatic carbocycles. The van der Waals surface area contributed by atoms with Crippen molar-refractivity contribution in [2.24, 2.45) is 0 Å². The number of carbonyl (C=O) groups is 1. The van der Waals surface area contributed by atoms with E-state index in [9.17, 15) is 4.79 Å². The molecule has 2 rings (SSSR count). The summed E-state index contributed by atoms with van der Waals surface area (Å²) >= 11 is 0. The molecule has 1 aliphatic heterocycles. The molecule has 0 saturated heterocycles. The standard InChI is InChI=1S/C13H15NO2/c1-3-12(15)14-11-7-8-16-13-9(2)5-4-6-10(11)13/h3-6,11H,1,7-8H2,2H3,(H,14,15)/t11-/m0/s1. The lowest BCUT2D eigenvalue weighted by molar-refractivity contribution is -0.117. The molecule has 3 nitrogen and oxygen atoms in total. The van der Waals surface area contributed by atoms with E-state index in [1.807, 2.05) is 25.1 Å². The van der Waals surface area contributed by atoms with Crippen molar-refractivity contribution >= 4 is 5.91 Å². The summed E-state index contributed by atoms with van der Waals surface area (Å²) in [4.78, 5) is 11.3. The van der Waals surface area contributed by atoms with Crippen LogP contribution in [-0.4, -0.2) is 12.5 Å². The van der Waals surface area contributed by atoms with Crippen LogP contribution in [0.25, 0.3) is 0 Å². The number of hydrogen-bond acceptors (Lipinski definition) is 2. The third-order valence-electron chi connectivity index (χ3n) is 2.77. The molecule has 1 heterocycles. The minimum absolute atomic E-state index is 0.0362. The fraction of sp³-hybridized carbons (Fsp3) is 0.308. The van der Waals surface area contributed by atoms with Crippen molar-refractivity contribution in [3.63, 3.8) is 0 Å². The number of hydrogen-bond donors (Lipinski definition) is 1. The van der Waals surface area contributed by atoms with E-state index in [-0.39, 0.29) is 11.9 Å². The highest BCUT2D eigenvalue weighted by Gasteiger charge is 2.23. The van der Waals surface area contributed by atoms with Gasteiger partial charge in [0.15, 0.2) is 0 Å². The van der Waals surface area contributed by atoms with E-state index in [1.54, 1.807) is 0 Å². The van der Waals surface area contributed by atoms with Gasteiger partial charge in [0.25, 0.3) is 0 Å². The van der Waals surface area contributed by atoms with Crippen LogP contribution in [0, 0.1) is 6.92 Å². The van der Waals surface area contributed by atoms with Crippen LogP contribution in [0.5, 0.6) is 5.75 Å². The summed E-state index contributed by atoms with van der Waals surface area (Å²) in [5, 5.41) is 2.91. The summed E-state index contributed by atoms with van der Waals surface area (Å²) in [6.45, 7) is 6.11. The van der Waals surface area contributed by atoms with E-state index in [2.05, 4.69) is 11.9 Å². The molecule has 0 aromatic heterocycles. The van der Waals surface area contributed by atoms with Gasteiger partial charge in [0.1, 0.15) is 5.75 Å². The SMILES string of the molecule is C=CC(=O)N[C@H]1CCOc2c(C)cccc21. The van der Waals surface area contributed by atoms with Gasteiger partial charge in [0.05, 0.1) is 12.6 Å². The quantitative estimate of drug-likeness (QED) is 0.770. The number of benzene rings is 1. The summed E-state index contributed by atoms with van der Waals surface area (Å²) in [5.41, 5.74) is 2.16. The van der Waals surface area contributed by atoms with Crippen LogP contribution in [-0.2, 0) is 4.79 Å². The molecule has 0 radical (unpaired) electrons. The maximum atomic E-state index is 11.3. The van der Waals surface area contributed by atoms with Gasteiger partial charge < -0.3 is 10.1 Å². The zero-order valence-corrected chi connectivity index (χ0v) is 9.32. The molecule has 0 bridgehead atoms. The van der Waals surface area contributed by atoms with Crippen LogP contribution >= 0.6 is 0 Å². The van der Waals surface area contributed by atoms with Crippen molar-refractivity contribution in [2.75, 3.05) is 6.61 Å². The van der Waals surface area contributed by atoms with Gasteiger partial charge in [-0.15, -0.1) is 0 Å². The largest absolute Gasteiger partial charge is 0.493 e. The Morgan fingerprint density at radius 1 is 1.62 bits per heavy atom. The summed E-state index contributed by atoms with van der Waals surface area (Å²) < 4.78 is 5.62. The fourth-order valence-electron chi connectivity index (χ4n) is 1.96. The minimum atomic E-state index is -0.139. The molecule has 16 heavy (non-hydrogen) atoms. The van der Waals surface area contributed by atoms with Gasteiger partial charge >= 0.3 is 0 Å². The first kappa shape index (κ1) is 10.7. The molecule has 1 atom stereocenters. The highest BCUT2D eigenvalue weighted by atomic mass is 16.5. The Bertz CT molecular complexity index is 426. The van der Waals surface area contributed by atoms with Crippen molar-refractivity contribution in [2.45, 2.75) is 19.4 Å². The third-order valence-corrected chi connectivity index (χ3v) is 2.77. The van der Waals surface area contributed by atoms with E-state index in [4.69, 9.17) is 4.74 Å². The van der Waals surface area contributed by atoms with Crippen molar-refractivity contribution in [1.82, 2.24) is 5.32 Å². The summed E-state index contributed by atoms with van der Waals surface area (Å²) in [6, 6.07) is 6.02. The lowest BCUT2D eigenvalue weighted by Crippen LogP contribution is -2.31. The van der Waals surface area contributed by atoms with Crippen LogP contribution in [0.15, 0.2) is 30.9 Å². The Labute approximate surface area is 95.1 Å². The smallest absolute Gasteiger partial charge is 0.243 e. The molecule has 0 unspecified atom stereocenters. The molecule has 1 N–H and O–H groups in total. The Kier molecular flexibility index (Phi) is 2.95. The first-order chi connectivity index (χ1) is 7.72. The Hall–Kier alpha value is -1.77. The van der Waals surface area contributed by atoms with Crippen LogP contribution in [0.2, 0.25) is 0 Å². The fourth-order valence-corrected chi connectivity index (χ4v) is 1.96. The first-order valence-corrected chi connectivity index (χ1v) is 5.37. The van der Waals surface area contributed by atoms with Crippen molar-refractivity contribution in [1.29, 1.82) is 0 Å². The number of rotatable bonds is 2. The highest BCUT2D eigenvalue weighted by molar-refractivity contribution is 5.87. The molecular formula is C13H15NO2. The normalized spacial score (nSPS) is 18.2. The van der Waals surface area contributed by atoms with E-state index >= 15 is 0 Å². The van der Waals surface area contributed by atoms with E-state index in [0.29, 0.717) is 6.61 Å². The number of amides is 1. The van der Waals surface area contributed by atoms with Gasteiger partial charge in [-0.3, -0.25) is 4.79 Å². The zero-order valence-electron chi connectivity index (χ0n) is 9.32. The van der Waals surface area contributed by atoms with Gasteiger partial charge in [0, 0.05) is 12.0 Å². The molecular weight excluding hydrogens is 202 g/mol. The molecule has 1 aliphatic rings. The summed E-state index contributed by atoms with van der Waals surface area (Å²) in [7, 11) is 0. The van der Waals surface area contributed by atoms with Crippen LogP contribution in [0.4, 0.5) is 0 Å². The van der Waals surface area contributed by atoms with Crippen LogP contribution in [0.3, 0.4) is 0 Å². The van der Waals surface area contributed by atoms with Crippen LogP contribution in [0.1, 0.15) is 23.6 Å². The lowest BCUT2D eigenvalue weighted by Gasteiger charge is -2.27. The average Bonchev–Trinajstić information content (AvgIpc) is 2.30. The van der Waals surface area contributed by atoms with Gasteiger partial charge in [-0.2, -0.15) is 0 Å². The number of ether oxygens (including phenoxy) is 1. The minimum Gasteiger partial charge on any atom is -0.493 e. The van der Waals surface area contributed by atoms with E-state index in [1.165, 1.54) is 6.08 Å². The second-order valence-corrected chi connectivity index (χ2v) is 3.90. The molecule has 84 valence electrons. The van der Waals surface area contributed by atoms with Crippen molar-refractivity contribution in [3.05, 3.63) is 42.0 Å². The second-order valence-electron chi connectivity index (χ2n) is 3.90. The predicted molar refractivity (Wildman–Crippen MR) is 62.4 cm³/mol. The maximum Gasteiger partial charge on any atom is 0.243 e. The zero-order chi connectivity index (χ0) is 11.5. The molecule has 3 heteroatoms. The molecule has 0 spiro atoms. The number of fused-ring (bicyclic) bond motifs is 1. The number of aryl methyl sites for hydroxylation is 1. The van der Waals surface area contributed by atoms with E-state index < -0.39 is 0 Å². The molecule has 0 saturated carbocycles. The van der Waals surface area contributed by atoms with Crippen molar-refractivity contribution in [3.8, 4) is 5.75 Å². The topological polar surface area (TPSA) is 38.3 Å². The van der Waals surface area contributed by atoms with Gasteiger partial charge in [-0.25, -0.2) is 0 Å². The van der Waals surface area contributed by atoms with Gasteiger partial charge in [-0.1, -0.05) is 24.8 Å². The number of nitrogens with one attached hydrogen (secondary N) is 1. The summed E-state index contributed by atoms with van der Waals surface area (Å²) in [5.74, 6) is 0.766. The monoisotopic (exact) mass is 217 g/mol. The Morgan fingerprint density at radius 3 is 3.19 bits per heavy atom. The molecule has 0 fully saturated rings. The summed E-state index contributed by atoms with van der Waals surface area (Å²) in [6.07, 6.45) is 2.10. The van der Waals surface area contributed by atoms with Crippen molar-refractivity contribution < 1.29 is 9.53 Å². The second kappa shape index (κ2) is 4.39.